The summed E-state index contributed by atoms with van der Waals surface area (Å²) in [7, 11) is 0. The Labute approximate surface area is 151 Å². The van der Waals surface area contributed by atoms with Crippen molar-refractivity contribution >= 4 is 40.5 Å². The fourth-order valence-corrected chi connectivity index (χ4v) is 3.35. The second kappa shape index (κ2) is 7.86. The van der Waals surface area contributed by atoms with Crippen LogP contribution in [-0.2, 0) is 0 Å². The summed E-state index contributed by atoms with van der Waals surface area (Å²) >= 11 is 12.0. The van der Waals surface area contributed by atoms with E-state index < -0.39 is 0 Å². The quantitative estimate of drug-likeness (QED) is 0.819. The smallest absolute Gasteiger partial charge is 0.272 e. The highest BCUT2D eigenvalue weighted by Gasteiger charge is 2.18. The van der Waals surface area contributed by atoms with Crippen LogP contribution in [0.25, 0.3) is 0 Å². The molecule has 126 valence electrons. The van der Waals surface area contributed by atoms with Crippen molar-refractivity contribution < 1.29 is 4.79 Å². The zero-order valence-electron chi connectivity index (χ0n) is 13.3. The third-order valence-electron chi connectivity index (χ3n) is 4.03. The van der Waals surface area contributed by atoms with E-state index in [0.29, 0.717) is 15.7 Å². The molecule has 1 aromatic carbocycles. The van der Waals surface area contributed by atoms with Crippen LogP contribution in [0.5, 0.6) is 0 Å². The monoisotopic (exact) mass is 363 g/mol. The molecule has 0 unspecified atom stereocenters. The Balaban J connectivity index is 1.69. The lowest BCUT2D eigenvalue weighted by Crippen LogP contribution is -2.32. The molecule has 1 amide bonds. The van der Waals surface area contributed by atoms with Gasteiger partial charge in [0.1, 0.15) is 5.69 Å². The Hall–Kier alpha value is -1.78. The molecule has 2 heterocycles. The van der Waals surface area contributed by atoms with Crippen molar-refractivity contribution in [3.8, 4) is 0 Å². The number of halogens is 2. The normalized spacial score (nSPS) is 15.0. The van der Waals surface area contributed by atoms with E-state index in [1.54, 1.807) is 30.5 Å². The average Bonchev–Trinajstić information content (AvgIpc) is 2.83. The second-order valence-corrected chi connectivity index (χ2v) is 6.79. The van der Waals surface area contributed by atoms with Gasteiger partial charge >= 0.3 is 0 Å². The number of hydrogen-bond acceptors (Lipinski definition) is 3. The molecule has 2 aromatic rings. The number of aromatic nitrogens is 1. The van der Waals surface area contributed by atoms with Gasteiger partial charge in [0.05, 0.1) is 11.9 Å². The fraction of sp³-hybridized carbons (Fsp3) is 0.333. The van der Waals surface area contributed by atoms with Crippen LogP contribution in [0, 0.1) is 0 Å². The molecule has 0 saturated carbocycles. The molecule has 1 N–H and O–H groups in total. The highest BCUT2D eigenvalue weighted by molar-refractivity contribution is 6.35. The summed E-state index contributed by atoms with van der Waals surface area (Å²) in [5, 5.41) is 4.31. The molecule has 0 atom stereocenters. The molecule has 1 aliphatic rings. The number of benzene rings is 1. The second-order valence-electron chi connectivity index (χ2n) is 5.92. The predicted octanol–water partition coefficient (Wildman–Crippen LogP) is 5.15. The van der Waals surface area contributed by atoms with E-state index in [2.05, 4.69) is 10.3 Å². The van der Waals surface area contributed by atoms with E-state index in [0.717, 1.165) is 37.3 Å². The van der Waals surface area contributed by atoms with E-state index in [1.807, 2.05) is 11.0 Å². The van der Waals surface area contributed by atoms with Gasteiger partial charge in [0.2, 0.25) is 0 Å². The Kier molecular flexibility index (Phi) is 5.59. The molecule has 1 saturated heterocycles. The highest BCUT2D eigenvalue weighted by Crippen LogP contribution is 2.25. The Morgan fingerprint density at radius 2 is 1.62 bits per heavy atom. The molecule has 24 heavy (non-hydrogen) atoms. The predicted molar refractivity (Wildman–Crippen MR) is 98.4 cm³/mol. The van der Waals surface area contributed by atoms with Gasteiger partial charge in [-0.3, -0.25) is 4.79 Å². The third-order valence-corrected chi connectivity index (χ3v) is 4.46. The van der Waals surface area contributed by atoms with Crippen molar-refractivity contribution in [3.63, 3.8) is 0 Å². The first kappa shape index (κ1) is 17.1. The van der Waals surface area contributed by atoms with Gasteiger partial charge in [0.15, 0.2) is 0 Å². The van der Waals surface area contributed by atoms with Crippen molar-refractivity contribution in [2.75, 3.05) is 18.4 Å². The molecule has 3 rings (SSSR count). The van der Waals surface area contributed by atoms with E-state index >= 15 is 0 Å². The summed E-state index contributed by atoms with van der Waals surface area (Å²) in [6, 6.07) is 8.83. The maximum atomic E-state index is 12.5. The number of rotatable bonds is 3. The Morgan fingerprint density at radius 3 is 2.21 bits per heavy atom. The first-order valence-electron chi connectivity index (χ1n) is 8.10. The van der Waals surface area contributed by atoms with Gasteiger partial charge in [0.25, 0.3) is 5.91 Å². The molecule has 0 radical (unpaired) electrons. The molecule has 1 aliphatic heterocycles. The van der Waals surface area contributed by atoms with Crippen molar-refractivity contribution in [2.24, 2.45) is 0 Å². The molecule has 1 aromatic heterocycles. The average molecular weight is 364 g/mol. The van der Waals surface area contributed by atoms with Crippen molar-refractivity contribution in [2.45, 2.75) is 25.7 Å². The molecule has 0 bridgehead atoms. The largest absolute Gasteiger partial charge is 0.354 e. The molecule has 0 aliphatic carbocycles. The number of carbonyl (C=O) groups is 1. The van der Waals surface area contributed by atoms with Crippen LogP contribution in [0.4, 0.5) is 11.4 Å². The summed E-state index contributed by atoms with van der Waals surface area (Å²) in [4.78, 5) is 18.7. The number of nitrogens with zero attached hydrogens (tertiary/aromatic N) is 2. The highest BCUT2D eigenvalue weighted by atomic mass is 35.5. The van der Waals surface area contributed by atoms with Gasteiger partial charge in [-0.25, -0.2) is 4.98 Å². The molecule has 1 fully saturated rings. The van der Waals surface area contributed by atoms with Crippen molar-refractivity contribution in [3.05, 3.63) is 52.3 Å². The minimum atomic E-state index is 0.00856. The number of pyridine rings is 1. The van der Waals surface area contributed by atoms with Gasteiger partial charge < -0.3 is 10.2 Å². The minimum absolute atomic E-state index is 0.00856. The van der Waals surface area contributed by atoms with Crippen LogP contribution in [0.3, 0.4) is 0 Å². The molecule has 6 heteroatoms. The number of carbonyl (C=O) groups excluding carboxylic acids is 1. The van der Waals surface area contributed by atoms with Crippen LogP contribution >= 0.6 is 23.2 Å². The zero-order valence-corrected chi connectivity index (χ0v) is 14.8. The summed E-state index contributed by atoms with van der Waals surface area (Å²) in [6.45, 7) is 1.64. The van der Waals surface area contributed by atoms with Crippen molar-refractivity contribution in [1.29, 1.82) is 0 Å². The van der Waals surface area contributed by atoms with Crippen LogP contribution in [0.2, 0.25) is 10.0 Å². The third kappa shape index (κ3) is 4.40. The van der Waals surface area contributed by atoms with Crippen LogP contribution in [0.15, 0.2) is 36.5 Å². The van der Waals surface area contributed by atoms with Crippen LogP contribution in [0.1, 0.15) is 36.2 Å². The number of likely N-dealkylation sites (tertiary alicyclic amines) is 1. The molecule has 0 spiro atoms. The lowest BCUT2D eigenvalue weighted by molar-refractivity contribution is 0.0756. The minimum Gasteiger partial charge on any atom is -0.354 e. The molecular formula is C18H19Cl2N3O. The fourth-order valence-electron chi connectivity index (χ4n) is 2.82. The zero-order chi connectivity index (χ0) is 16.9. The first-order valence-corrected chi connectivity index (χ1v) is 8.86. The van der Waals surface area contributed by atoms with Gasteiger partial charge in [-0.15, -0.1) is 0 Å². The van der Waals surface area contributed by atoms with Gasteiger partial charge in [-0.1, -0.05) is 36.0 Å². The van der Waals surface area contributed by atoms with Crippen molar-refractivity contribution in [1.82, 2.24) is 9.88 Å². The number of nitrogens with one attached hydrogen (secondary N) is 1. The number of amides is 1. The van der Waals surface area contributed by atoms with Gasteiger partial charge in [0, 0.05) is 28.8 Å². The van der Waals surface area contributed by atoms with Crippen LogP contribution in [-0.4, -0.2) is 28.9 Å². The maximum Gasteiger partial charge on any atom is 0.272 e. The van der Waals surface area contributed by atoms with E-state index in [-0.39, 0.29) is 5.91 Å². The summed E-state index contributed by atoms with van der Waals surface area (Å²) in [5.41, 5.74) is 2.04. The maximum absolute atomic E-state index is 12.5. The summed E-state index contributed by atoms with van der Waals surface area (Å²) < 4.78 is 0. The SMILES string of the molecule is O=C(c1ccc(Nc2cc(Cl)cc(Cl)c2)cn1)N1CCCCCC1. The van der Waals surface area contributed by atoms with Gasteiger partial charge in [-0.05, 0) is 43.2 Å². The Morgan fingerprint density at radius 1 is 0.958 bits per heavy atom. The lowest BCUT2D eigenvalue weighted by Gasteiger charge is -2.19. The van der Waals surface area contributed by atoms with E-state index in [1.165, 1.54) is 12.8 Å². The summed E-state index contributed by atoms with van der Waals surface area (Å²) in [5.74, 6) is 0.00856. The lowest BCUT2D eigenvalue weighted by atomic mass is 10.2. The Bertz CT molecular complexity index is 690. The standard InChI is InChI=1S/C18H19Cl2N3O/c19-13-9-14(20)11-16(10-13)22-15-5-6-17(21-12-15)18(24)23-7-3-1-2-4-8-23/h5-6,9-12,22H,1-4,7-8H2. The molecule has 4 nitrogen and oxygen atoms in total. The number of hydrogen-bond donors (Lipinski definition) is 1. The van der Waals surface area contributed by atoms with E-state index in [4.69, 9.17) is 23.2 Å². The summed E-state index contributed by atoms with van der Waals surface area (Å²) in [6.07, 6.45) is 6.19. The van der Waals surface area contributed by atoms with E-state index in [9.17, 15) is 4.79 Å². The van der Waals surface area contributed by atoms with Gasteiger partial charge in [-0.2, -0.15) is 0 Å². The van der Waals surface area contributed by atoms with Crippen LogP contribution < -0.4 is 5.32 Å². The first-order chi connectivity index (χ1) is 11.6. The molecular weight excluding hydrogens is 345 g/mol. The topological polar surface area (TPSA) is 45.2 Å². The number of anilines is 2.